The minimum Gasteiger partial charge on any atom is -0.435 e. The molecule has 3 rings (SSSR count). The van der Waals surface area contributed by atoms with E-state index in [1.807, 2.05) is 13.0 Å². The first-order valence-corrected chi connectivity index (χ1v) is 7.65. The Morgan fingerprint density at radius 2 is 2.08 bits per heavy atom. The molecule has 6 heteroatoms. The number of benzene rings is 1. The van der Waals surface area contributed by atoms with Gasteiger partial charge in [-0.2, -0.15) is 4.99 Å². The second kappa shape index (κ2) is 7.35. The maximum absolute atomic E-state index is 12.2. The number of carbonyl (C=O) groups is 1. The number of hydrogen-bond donors (Lipinski definition) is 1. The van der Waals surface area contributed by atoms with Crippen LogP contribution in [0.25, 0.3) is 0 Å². The molecule has 0 saturated heterocycles. The Morgan fingerprint density at radius 1 is 1.28 bits per heavy atom. The van der Waals surface area contributed by atoms with Crippen LogP contribution in [0.2, 0.25) is 0 Å². The van der Waals surface area contributed by atoms with E-state index in [2.05, 4.69) is 26.9 Å². The number of nitrogens with zero attached hydrogens (tertiary/aromatic N) is 3. The van der Waals surface area contributed by atoms with Gasteiger partial charge in [-0.15, -0.1) is 0 Å². The number of aliphatic imine (C=N–C) groups is 2. The second-order valence-corrected chi connectivity index (χ2v) is 5.13. The summed E-state index contributed by atoms with van der Waals surface area (Å²) in [6.45, 7) is 5.65. The zero-order valence-electron chi connectivity index (χ0n) is 13.6. The molecule has 0 unspecified atom stereocenters. The number of amidine groups is 1. The van der Waals surface area contributed by atoms with Crippen molar-refractivity contribution in [1.29, 1.82) is 0 Å². The van der Waals surface area contributed by atoms with E-state index in [0.29, 0.717) is 34.4 Å². The SMILES string of the molecule is C=C1OC(c2ccnc(NC(=O)c3ccccc3)c2)=NC1=N/C=C\C. The molecule has 25 heavy (non-hydrogen) atoms. The van der Waals surface area contributed by atoms with E-state index in [4.69, 9.17) is 4.74 Å². The summed E-state index contributed by atoms with van der Waals surface area (Å²) in [5.41, 5.74) is 1.23. The maximum atomic E-state index is 12.2. The van der Waals surface area contributed by atoms with Gasteiger partial charge in [-0.1, -0.05) is 30.9 Å². The lowest BCUT2D eigenvalue weighted by Gasteiger charge is -2.06. The minimum atomic E-state index is -0.237. The quantitative estimate of drug-likeness (QED) is 0.930. The van der Waals surface area contributed by atoms with Gasteiger partial charge < -0.3 is 10.1 Å². The number of ether oxygens (including phenoxy) is 1. The van der Waals surface area contributed by atoms with Crippen LogP contribution >= 0.6 is 0 Å². The molecule has 0 spiro atoms. The van der Waals surface area contributed by atoms with Crippen LogP contribution < -0.4 is 5.32 Å². The zero-order chi connectivity index (χ0) is 17.6. The highest BCUT2D eigenvalue weighted by Gasteiger charge is 2.20. The fourth-order valence-corrected chi connectivity index (χ4v) is 2.12. The van der Waals surface area contributed by atoms with Gasteiger partial charge in [-0.3, -0.25) is 4.79 Å². The van der Waals surface area contributed by atoms with E-state index < -0.39 is 0 Å². The lowest BCUT2D eigenvalue weighted by molar-refractivity contribution is 0.102. The van der Waals surface area contributed by atoms with E-state index in [-0.39, 0.29) is 5.91 Å². The number of hydrogen-bond acceptors (Lipinski definition) is 4. The Balaban J connectivity index is 1.81. The highest BCUT2D eigenvalue weighted by atomic mass is 16.5. The predicted molar refractivity (Wildman–Crippen MR) is 97.6 cm³/mol. The van der Waals surface area contributed by atoms with Gasteiger partial charge in [-0.25, -0.2) is 9.98 Å². The lowest BCUT2D eigenvalue weighted by atomic mass is 10.2. The van der Waals surface area contributed by atoms with Gasteiger partial charge in [-0.05, 0) is 31.2 Å². The van der Waals surface area contributed by atoms with Crippen molar-refractivity contribution in [3.63, 3.8) is 0 Å². The van der Waals surface area contributed by atoms with Crippen LogP contribution in [-0.4, -0.2) is 22.6 Å². The van der Waals surface area contributed by atoms with E-state index >= 15 is 0 Å². The third-order valence-corrected chi connectivity index (χ3v) is 3.31. The molecule has 1 N–H and O–H groups in total. The molecule has 1 amide bonds. The van der Waals surface area contributed by atoms with Crippen molar-refractivity contribution in [2.24, 2.45) is 9.98 Å². The second-order valence-electron chi connectivity index (χ2n) is 5.13. The molecule has 0 fully saturated rings. The molecule has 0 atom stereocenters. The van der Waals surface area contributed by atoms with Crippen molar-refractivity contribution in [1.82, 2.24) is 4.98 Å². The Hall–Kier alpha value is -3.54. The standard InChI is InChI=1S/C19H16N4O2/c1-3-10-21-17-13(2)25-19(23-17)15-9-11-20-16(12-15)22-18(24)14-7-5-4-6-8-14/h3-12H,2H2,1H3,(H,20,22,24)/b10-3-,21-17?. The number of carbonyl (C=O) groups excluding carboxylic acids is 1. The largest absolute Gasteiger partial charge is 0.435 e. The number of amides is 1. The highest BCUT2D eigenvalue weighted by Crippen LogP contribution is 2.18. The first-order valence-electron chi connectivity index (χ1n) is 7.65. The Kier molecular flexibility index (Phi) is 4.80. The van der Waals surface area contributed by atoms with Crippen molar-refractivity contribution >= 4 is 23.5 Å². The molecule has 0 saturated carbocycles. The van der Waals surface area contributed by atoms with Gasteiger partial charge in [0.1, 0.15) is 5.82 Å². The van der Waals surface area contributed by atoms with Gasteiger partial charge in [0.15, 0.2) is 11.6 Å². The summed E-state index contributed by atoms with van der Waals surface area (Å²) < 4.78 is 5.55. The predicted octanol–water partition coefficient (Wildman–Crippen LogP) is 3.56. The third kappa shape index (κ3) is 3.87. The molecule has 1 aliphatic heterocycles. The first kappa shape index (κ1) is 16.3. The zero-order valence-corrected chi connectivity index (χ0v) is 13.6. The summed E-state index contributed by atoms with van der Waals surface area (Å²) in [4.78, 5) is 24.8. The molecule has 2 heterocycles. The molecular weight excluding hydrogens is 316 g/mol. The maximum Gasteiger partial charge on any atom is 0.256 e. The fourth-order valence-electron chi connectivity index (χ4n) is 2.12. The van der Waals surface area contributed by atoms with E-state index in [0.717, 1.165) is 0 Å². The van der Waals surface area contributed by atoms with Crippen LogP contribution in [0, 0.1) is 0 Å². The van der Waals surface area contributed by atoms with Crippen molar-refractivity contribution in [2.75, 3.05) is 5.32 Å². The lowest BCUT2D eigenvalue weighted by Crippen LogP contribution is -2.13. The van der Waals surface area contributed by atoms with Gasteiger partial charge >= 0.3 is 0 Å². The summed E-state index contributed by atoms with van der Waals surface area (Å²) in [6.07, 6.45) is 4.98. The number of allylic oxidation sites excluding steroid dienone is 1. The molecule has 0 bridgehead atoms. The van der Waals surface area contributed by atoms with Gasteiger partial charge in [0.05, 0.1) is 0 Å². The summed E-state index contributed by atoms with van der Waals surface area (Å²) >= 11 is 0. The normalized spacial score (nSPS) is 15.3. The summed E-state index contributed by atoms with van der Waals surface area (Å²) in [5.74, 6) is 1.33. The van der Waals surface area contributed by atoms with Crippen LogP contribution in [0.15, 0.2) is 83.3 Å². The van der Waals surface area contributed by atoms with Crippen molar-refractivity contribution in [3.05, 3.63) is 84.4 Å². The molecule has 1 aromatic heterocycles. The van der Waals surface area contributed by atoms with E-state index in [1.165, 1.54) is 0 Å². The topological polar surface area (TPSA) is 75.9 Å². The van der Waals surface area contributed by atoms with Gasteiger partial charge in [0.2, 0.25) is 5.90 Å². The summed E-state index contributed by atoms with van der Waals surface area (Å²) in [5, 5.41) is 2.75. The van der Waals surface area contributed by atoms with Gasteiger partial charge in [0, 0.05) is 23.5 Å². The number of rotatable bonds is 4. The molecular formula is C19H16N4O2. The first-order chi connectivity index (χ1) is 12.2. The Labute approximate surface area is 145 Å². The highest BCUT2D eigenvalue weighted by molar-refractivity contribution is 6.15. The average Bonchev–Trinajstić information content (AvgIpc) is 3.02. The van der Waals surface area contributed by atoms with E-state index in [9.17, 15) is 4.79 Å². The summed E-state index contributed by atoms with van der Waals surface area (Å²) in [6, 6.07) is 12.3. The molecule has 1 aromatic carbocycles. The van der Waals surface area contributed by atoms with Crippen LogP contribution in [-0.2, 0) is 4.74 Å². The van der Waals surface area contributed by atoms with Crippen LogP contribution in [0.5, 0.6) is 0 Å². The minimum absolute atomic E-state index is 0.237. The van der Waals surface area contributed by atoms with Gasteiger partial charge in [0.25, 0.3) is 5.91 Å². The third-order valence-electron chi connectivity index (χ3n) is 3.31. The Bertz CT molecular complexity index is 899. The number of nitrogens with one attached hydrogen (secondary N) is 1. The fraction of sp³-hybridized carbons (Fsp3) is 0.0526. The molecule has 0 aliphatic carbocycles. The molecule has 2 aromatic rings. The van der Waals surface area contributed by atoms with Crippen LogP contribution in [0.3, 0.4) is 0 Å². The van der Waals surface area contributed by atoms with E-state index in [1.54, 1.807) is 54.9 Å². The number of aromatic nitrogens is 1. The molecule has 6 nitrogen and oxygen atoms in total. The molecule has 124 valence electrons. The summed E-state index contributed by atoms with van der Waals surface area (Å²) in [7, 11) is 0. The van der Waals surface area contributed by atoms with Crippen molar-refractivity contribution in [2.45, 2.75) is 6.92 Å². The van der Waals surface area contributed by atoms with Crippen molar-refractivity contribution in [3.8, 4) is 0 Å². The van der Waals surface area contributed by atoms with Crippen molar-refractivity contribution < 1.29 is 9.53 Å². The molecule has 1 aliphatic rings. The number of anilines is 1. The van der Waals surface area contributed by atoms with Crippen LogP contribution in [0.4, 0.5) is 5.82 Å². The smallest absolute Gasteiger partial charge is 0.256 e. The Morgan fingerprint density at radius 3 is 2.84 bits per heavy atom. The average molecular weight is 332 g/mol. The number of pyridine rings is 1. The molecule has 0 radical (unpaired) electrons. The van der Waals surface area contributed by atoms with Crippen LogP contribution in [0.1, 0.15) is 22.8 Å². The monoisotopic (exact) mass is 332 g/mol.